The number of hydrogen-bond acceptors (Lipinski definition) is 4. The molecule has 0 aromatic heterocycles. The van der Waals surface area contributed by atoms with Gasteiger partial charge in [-0.3, -0.25) is 4.79 Å². The number of aliphatic hydroxyl groups excluding tert-OH is 1. The molecular formula is C14H19NO4. The standard InChI is InChI=1S/C14H19NO4/c1-15-14(17)6-4-11(16)10-3-5-12-13(9-10)19-8-2-7-18-12/h3,5,9,11,16H,2,4,6-8H2,1H3,(H,15,17). The Kier molecular flexibility index (Phi) is 4.63. The van der Waals surface area contributed by atoms with Crippen LogP contribution in [0, 0.1) is 0 Å². The van der Waals surface area contributed by atoms with Gasteiger partial charge in [0.2, 0.25) is 5.91 Å². The quantitative estimate of drug-likeness (QED) is 0.863. The molecule has 0 spiro atoms. The van der Waals surface area contributed by atoms with E-state index in [4.69, 9.17) is 9.47 Å². The van der Waals surface area contributed by atoms with Crippen LogP contribution in [0.2, 0.25) is 0 Å². The lowest BCUT2D eigenvalue weighted by Crippen LogP contribution is -2.18. The highest BCUT2D eigenvalue weighted by atomic mass is 16.5. The van der Waals surface area contributed by atoms with Crippen LogP contribution in [0.25, 0.3) is 0 Å². The van der Waals surface area contributed by atoms with E-state index >= 15 is 0 Å². The molecule has 2 rings (SSSR count). The van der Waals surface area contributed by atoms with Crippen molar-refractivity contribution in [3.63, 3.8) is 0 Å². The molecule has 1 unspecified atom stereocenters. The normalized spacial score (nSPS) is 15.5. The predicted octanol–water partition coefficient (Wildman–Crippen LogP) is 1.41. The third kappa shape index (κ3) is 3.61. The number of ether oxygens (including phenoxy) is 2. The first-order valence-electron chi connectivity index (χ1n) is 6.49. The van der Waals surface area contributed by atoms with E-state index in [1.54, 1.807) is 19.2 Å². The van der Waals surface area contributed by atoms with Crippen molar-refractivity contribution in [3.8, 4) is 11.5 Å². The molecule has 1 aliphatic heterocycles. The third-order valence-electron chi connectivity index (χ3n) is 3.08. The maximum atomic E-state index is 11.2. The lowest BCUT2D eigenvalue weighted by molar-refractivity contribution is -0.121. The van der Waals surface area contributed by atoms with E-state index in [0.717, 1.165) is 12.0 Å². The monoisotopic (exact) mass is 265 g/mol. The van der Waals surface area contributed by atoms with Crippen LogP contribution in [0.15, 0.2) is 18.2 Å². The van der Waals surface area contributed by atoms with Crippen LogP contribution in [-0.2, 0) is 4.79 Å². The first-order valence-corrected chi connectivity index (χ1v) is 6.49. The topological polar surface area (TPSA) is 67.8 Å². The largest absolute Gasteiger partial charge is 0.490 e. The van der Waals surface area contributed by atoms with Gasteiger partial charge in [-0.2, -0.15) is 0 Å². The summed E-state index contributed by atoms with van der Waals surface area (Å²) < 4.78 is 11.1. The maximum absolute atomic E-state index is 11.2. The summed E-state index contributed by atoms with van der Waals surface area (Å²) in [5.41, 5.74) is 0.744. The van der Waals surface area contributed by atoms with E-state index in [0.29, 0.717) is 37.6 Å². The van der Waals surface area contributed by atoms with E-state index in [-0.39, 0.29) is 5.91 Å². The molecule has 0 bridgehead atoms. The van der Waals surface area contributed by atoms with Crippen LogP contribution in [0.3, 0.4) is 0 Å². The van der Waals surface area contributed by atoms with Gasteiger partial charge < -0.3 is 19.9 Å². The maximum Gasteiger partial charge on any atom is 0.219 e. The number of benzene rings is 1. The average Bonchev–Trinajstić information content (AvgIpc) is 2.68. The van der Waals surface area contributed by atoms with Crippen molar-refractivity contribution in [1.82, 2.24) is 5.32 Å². The zero-order valence-electron chi connectivity index (χ0n) is 11.0. The first-order chi connectivity index (χ1) is 9.20. The Morgan fingerprint density at radius 2 is 2.11 bits per heavy atom. The Hall–Kier alpha value is -1.75. The Bertz CT molecular complexity index is 447. The molecule has 1 aliphatic rings. The zero-order chi connectivity index (χ0) is 13.7. The fourth-order valence-corrected chi connectivity index (χ4v) is 1.95. The molecule has 5 nitrogen and oxygen atoms in total. The van der Waals surface area contributed by atoms with Crippen molar-refractivity contribution in [2.45, 2.75) is 25.4 Å². The predicted molar refractivity (Wildman–Crippen MR) is 70.3 cm³/mol. The highest BCUT2D eigenvalue weighted by Gasteiger charge is 2.15. The van der Waals surface area contributed by atoms with E-state index in [1.165, 1.54) is 0 Å². The van der Waals surface area contributed by atoms with Crippen LogP contribution < -0.4 is 14.8 Å². The second-order valence-electron chi connectivity index (χ2n) is 4.48. The fraction of sp³-hybridized carbons (Fsp3) is 0.500. The third-order valence-corrected chi connectivity index (χ3v) is 3.08. The number of carbonyl (C=O) groups is 1. The van der Waals surface area contributed by atoms with Crippen LogP contribution in [0.1, 0.15) is 30.9 Å². The molecule has 19 heavy (non-hydrogen) atoms. The molecule has 104 valence electrons. The molecule has 0 fully saturated rings. The van der Waals surface area contributed by atoms with Gasteiger partial charge >= 0.3 is 0 Å². The Morgan fingerprint density at radius 1 is 1.37 bits per heavy atom. The highest BCUT2D eigenvalue weighted by molar-refractivity contribution is 5.75. The minimum absolute atomic E-state index is 0.0756. The number of aliphatic hydroxyl groups is 1. The van der Waals surface area contributed by atoms with E-state index < -0.39 is 6.10 Å². The van der Waals surface area contributed by atoms with Gasteiger partial charge in [-0.15, -0.1) is 0 Å². The Labute approximate surface area is 112 Å². The van der Waals surface area contributed by atoms with Gasteiger partial charge in [0.25, 0.3) is 0 Å². The summed E-state index contributed by atoms with van der Waals surface area (Å²) in [6.45, 7) is 1.26. The molecule has 0 saturated heterocycles. The van der Waals surface area contributed by atoms with Gasteiger partial charge in [0, 0.05) is 19.9 Å². The minimum Gasteiger partial charge on any atom is -0.490 e. The van der Waals surface area contributed by atoms with Gasteiger partial charge in [0.05, 0.1) is 19.3 Å². The van der Waals surface area contributed by atoms with Gasteiger partial charge in [0.1, 0.15) is 0 Å². The molecule has 1 atom stereocenters. The molecule has 2 N–H and O–H groups in total. The first kappa shape index (κ1) is 13.7. The Morgan fingerprint density at radius 3 is 2.84 bits per heavy atom. The minimum atomic E-state index is -0.672. The lowest BCUT2D eigenvalue weighted by Gasteiger charge is -2.13. The SMILES string of the molecule is CNC(=O)CCC(O)c1ccc2c(c1)OCCCO2. The molecule has 0 aliphatic carbocycles. The molecule has 1 aromatic carbocycles. The summed E-state index contributed by atoms with van der Waals surface area (Å²) in [4.78, 5) is 11.2. The Balaban J connectivity index is 2.04. The summed E-state index contributed by atoms with van der Waals surface area (Å²) in [6, 6.07) is 5.40. The molecule has 1 amide bonds. The van der Waals surface area contributed by atoms with Crippen LogP contribution >= 0.6 is 0 Å². The molecule has 5 heteroatoms. The van der Waals surface area contributed by atoms with E-state index in [1.807, 2.05) is 6.07 Å². The number of carbonyl (C=O) groups excluding carboxylic acids is 1. The summed E-state index contributed by atoms with van der Waals surface area (Å²) in [5.74, 6) is 1.29. The highest BCUT2D eigenvalue weighted by Crippen LogP contribution is 2.33. The van der Waals surface area contributed by atoms with Crippen LogP contribution in [0.4, 0.5) is 0 Å². The molecular weight excluding hydrogens is 246 g/mol. The zero-order valence-corrected chi connectivity index (χ0v) is 11.0. The summed E-state index contributed by atoms with van der Waals surface area (Å²) in [5, 5.41) is 12.6. The van der Waals surface area contributed by atoms with E-state index in [9.17, 15) is 9.90 Å². The summed E-state index contributed by atoms with van der Waals surface area (Å²) in [7, 11) is 1.59. The van der Waals surface area contributed by atoms with Crippen molar-refractivity contribution in [2.24, 2.45) is 0 Å². The average molecular weight is 265 g/mol. The van der Waals surface area contributed by atoms with Crippen molar-refractivity contribution in [2.75, 3.05) is 20.3 Å². The number of rotatable bonds is 4. The van der Waals surface area contributed by atoms with Gasteiger partial charge in [-0.1, -0.05) is 6.07 Å². The van der Waals surface area contributed by atoms with Crippen molar-refractivity contribution >= 4 is 5.91 Å². The van der Waals surface area contributed by atoms with Crippen LogP contribution in [0.5, 0.6) is 11.5 Å². The van der Waals surface area contributed by atoms with Gasteiger partial charge in [0.15, 0.2) is 11.5 Å². The van der Waals surface area contributed by atoms with Gasteiger partial charge in [-0.25, -0.2) is 0 Å². The van der Waals surface area contributed by atoms with Crippen LogP contribution in [-0.4, -0.2) is 31.3 Å². The number of fused-ring (bicyclic) bond motifs is 1. The van der Waals surface area contributed by atoms with Crippen molar-refractivity contribution in [1.29, 1.82) is 0 Å². The summed E-state index contributed by atoms with van der Waals surface area (Å²) in [6.07, 6.45) is 0.865. The number of amides is 1. The lowest BCUT2D eigenvalue weighted by atomic mass is 10.0. The smallest absolute Gasteiger partial charge is 0.219 e. The summed E-state index contributed by atoms with van der Waals surface area (Å²) >= 11 is 0. The second-order valence-corrected chi connectivity index (χ2v) is 4.48. The molecule has 1 aromatic rings. The number of hydrogen-bond donors (Lipinski definition) is 2. The van der Waals surface area contributed by atoms with Crippen molar-refractivity contribution < 1.29 is 19.4 Å². The molecule has 0 saturated carbocycles. The molecule has 1 heterocycles. The van der Waals surface area contributed by atoms with Gasteiger partial charge in [-0.05, 0) is 24.1 Å². The molecule has 0 radical (unpaired) electrons. The number of nitrogens with one attached hydrogen (secondary N) is 1. The van der Waals surface area contributed by atoms with E-state index in [2.05, 4.69) is 5.32 Å². The fourth-order valence-electron chi connectivity index (χ4n) is 1.95. The van der Waals surface area contributed by atoms with Crippen molar-refractivity contribution in [3.05, 3.63) is 23.8 Å². The second kappa shape index (κ2) is 6.43.